The second-order valence-corrected chi connectivity index (χ2v) is 6.32. The summed E-state index contributed by atoms with van der Waals surface area (Å²) >= 11 is 1.54. The molecule has 1 aliphatic rings. The van der Waals surface area contributed by atoms with Crippen molar-refractivity contribution in [2.24, 2.45) is 5.92 Å². The number of hydrogen-bond acceptors (Lipinski definition) is 4. The van der Waals surface area contributed by atoms with Crippen LogP contribution >= 0.6 is 11.3 Å². The molecule has 0 spiro atoms. The second-order valence-electron chi connectivity index (χ2n) is 5.24. The molecule has 0 amide bonds. The first-order valence-corrected chi connectivity index (χ1v) is 7.82. The van der Waals surface area contributed by atoms with Gasteiger partial charge < -0.3 is 9.47 Å². The number of carbonyl (C=O) groups is 1. The van der Waals surface area contributed by atoms with Crippen molar-refractivity contribution in [3.8, 4) is 5.75 Å². The summed E-state index contributed by atoms with van der Waals surface area (Å²) in [6.45, 7) is 4.81. The van der Waals surface area contributed by atoms with Crippen LogP contribution in [0.2, 0.25) is 0 Å². The zero-order valence-corrected chi connectivity index (χ0v) is 12.7. The normalized spacial score (nSPS) is 23.1. The lowest BCUT2D eigenvalue weighted by Crippen LogP contribution is -2.10. The molecule has 1 heterocycles. The van der Waals surface area contributed by atoms with Crippen molar-refractivity contribution < 1.29 is 14.3 Å². The number of methoxy groups -OCH3 is 1. The topological polar surface area (TPSA) is 35.5 Å². The Balaban J connectivity index is 2.23. The highest BCUT2D eigenvalue weighted by molar-refractivity contribution is 7.14. The van der Waals surface area contributed by atoms with Crippen LogP contribution in [0.3, 0.4) is 0 Å². The van der Waals surface area contributed by atoms with Gasteiger partial charge in [0.05, 0.1) is 13.7 Å². The molecule has 19 heavy (non-hydrogen) atoms. The monoisotopic (exact) mass is 282 g/mol. The molecule has 0 radical (unpaired) electrons. The van der Waals surface area contributed by atoms with Gasteiger partial charge >= 0.3 is 5.97 Å². The number of thiophene rings is 1. The van der Waals surface area contributed by atoms with Crippen molar-refractivity contribution >= 4 is 17.3 Å². The number of rotatable bonds is 4. The van der Waals surface area contributed by atoms with Gasteiger partial charge in [-0.05, 0) is 37.7 Å². The van der Waals surface area contributed by atoms with Gasteiger partial charge in [-0.2, -0.15) is 0 Å². The minimum Gasteiger partial charge on any atom is -0.492 e. The number of hydrogen-bond donors (Lipinski definition) is 0. The van der Waals surface area contributed by atoms with Crippen molar-refractivity contribution in [3.05, 3.63) is 15.8 Å². The number of carbonyl (C=O) groups excluding carboxylic acids is 1. The standard InChI is InChI=1S/C15H22O3S/c1-4-18-12-9-13(19-14(12)15(16)17-3)11-7-5-6-10(2)8-11/h9-11H,4-8H2,1-3H3. The maximum absolute atomic E-state index is 11.8. The van der Waals surface area contributed by atoms with E-state index in [9.17, 15) is 4.79 Å². The first kappa shape index (κ1) is 14.4. The van der Waals surface area contributed by atoms with Gasteiger partial charge in [0, 0.05) is 4.88 Å². The fourth-order valence-electron chi connectivity index (χ4n) is 2.78. The summed E-state index contributed by atoms with van der Waals surface area (Å²) < 4.78 is 10.4. The van der Waals surface area contributed by atoms with E-state index in [2.05, 4.69) is 6.92 Å². The lowest BCUT2D eigenvalue weighted by atomic mass is 9.82. The lowest BCUT2D eigenvalue weighted by Gasteiger charge is -2.25. The van der Waals surface area contributed by atoms with Crippen LogP contribution in [0.1, 0.15) is 60.0 Å². The van der Waals surface area contributed by atoms with Gasteiger partial charge in [0.15, 0.2) is 4.88 Å². The van der Waals surface area contributed by atoms with Gasteiger partial charge in [-0.3, -0.25) is 0 Å². The quantitative estimate of drug-likeness (QED) is 0.775. The minimum atomic E-state index is -0.288. The second kappa shape index (κ2) is 6.42. The Morgan fingerprint density at radius 2 is 2.26 bits per heavy atom. The Bertz CT molecular complexity index is 439. The Labute approximate surface area is 118 Å². The van der Waals surface area contributed by atoms with Crippen LogP contribution in [0, 0.1) is 5.92 Å². The van der Waals surface area contributed by atoms with E-state index >= 15 is 0 Å². The molecule has 1 saturated carbocycles. The van der Waals surface area contributed by atoms with Crippen LogP contribution in [0.25, 0.3) is 0 Å². The first-order chi connectivity index (χ1) is 9.15. The van der Waals surface area contributed by atoms with E-state index in [1.54, 1.807) is 11.3 Å². The maximum Gasteiger partial charge on any atom is 0.351 e. The van der Waals surface area contributed by atoms with Crippen LogP contribution in [-0.2, 0) is 4.74 Å². The Hall–Kier alpha value is -1.03. The SMILES string of the molecule is CCOc1cc(C2CCCC(C)C2)sc1C(=O)OC. The summed E-state index contributed by atoms with van der Waals surface area (Å²) in [5.41, 5.74) is 0. The molecule has 2 atom stereocenters. The molecule has 3 nitrogen and oxygen atoms in total. The van der Waals surface area contributed by atoms with Crippen molar-refractivity contribution in [1.82, 2.24) is 0 Å². The third-order valence-electron chi connectivity index (χ3n) is 3.73. The zero-order chi connectivity index (χ0) is 13.8. The highest BCUT2D eigenvalue weighted by Gasteiger charge is 2.26. The fourth-order valence-corrected chi connectivity index (χ4v) is 3.95. The Morgan fingerprint density at radius 1 is 1.47 bits per heavy atom. The molecule has 2 unspecified atom stereocenters. The van der Waals surface area contributed by atoms with Gasteiger partial charge in [0.1, 0.15) is 5.75 Å². The van der Waals surface area contributed by atoms with E-state index in [1.165, 1.54) is 37.7 Å². The first-order valence-electron chi connectivity index (χ1n) is 7.00. The summed E-state index contributed by atoms with van der Waals surface area (Å²) in [7, 11) is 1.42. The average molecular weight is 282 g/mol. The highest BCUT2D eigenvalue weighted by atomic mass is 32.1. The molecule has 1 aliphatic carbocycles. The van der Waals surface area contributed by atoms with E-state index in [1.807, 2.05) is 13.0 Å². The Morgan fingerprint density at radius 3 is 2.89 bits per heavy atom. The van der Waals surface area contributed by atoms with Crippen LogP contribution in [-0.4, -0.2) is 19.7 Å². The molecule has 1 fully saturated rings. The molecular formula is C15H22O3S. The molecule has 4 heteroatoms. The molecule has 2 rings (SSSR count). The maximum atomic E-state index is 11.8. The average Bonchev–Trinajstić information content (AvgIpc) is 2.82. The van der Waals surface area contributed by atoms with E-state index in [0.717, 1.165) is 5.92 Å². The molecule has 106 valence electrons. The van der Waals surface area contributed by atoms with E-state index < -0.39 is 0 Å². The van der Waals surface area contributed by atoms with Crippen molar-refractivity contribution in [2.45, 2.75) is 45.4 Å². The van der Waals surface area contributed by atoms with Crippen molar-refractivity contribution in [1.29, 1.82) is 0 Å². The molecule has 0 N–H and O–H groups in total. The molecule has 0 bridgehead atoms. The summed E-state index contributed by atoms with van der Waals surface area (Å²) in [5, 5.41) is 0. The van der Waals surface area contributed by atoms with Crippen LogP contribution < -0.4 is 4.74 Å². The van der Waals surface area contributed by atoms with Gasteiger partial charge in [0.25, 0.3) is 0 Å². The third-order valence-corrected chi connectivity index (χ3v) is 4.99. The highest BCUT2D eigenvalue weighted by Crippen LogP contribution is 2.42. The van der Waals surface area contributed by atoms with Crippen molar-refractivity contribution in [2.75, 3.05) is 13.7 Å². The summed E-state index contributed by atoms with van der Waals surface area (Å²) in [4.78, 5) is 13.7. The van der Waals surface area contributed by atoms with Gasteiger partial charge in [-0.15, -0.1) is 11.3 Å². The van der Waals surface area contributed by atoms with Crippen LogP contribution in [0.15, 0.2) is 6.07 Å². The predicted octanol–water partition coefficient (Wildman–Crippen LogP) is 4.23. The lowest BCUT2D eigenvalue weighted by molar-refractivity contribution is 0.0602. The van der Waals surface area contributed by atoms with Gasteiger partial charge in [-0.1, -0.05) is 19.8 Å². The Kier molecular flexibility index (Phi) is 4.86. The third kappa shape index (κ3) is 3.30. The van der Waals surface area contributed by atoms with Crippen molar-refractivity contribution in [3.63, 3.8) is 0 Å². The number of esters is 1. The molecular weight excluding hydrogens is 260 g/mol. The summed E-state index contributed by atoms with van der Waals surface area (Å²) in [6.07, 6.45) is 5.04. The fraction of sp³-hybridized carbons (Fsp3) is 0.667. The van der Waals surface area contributed by atoms with Gasteiger partial charge in [0.2, 0.25) is 0 Å². The minimum absolute atomic E-state index is 0.288. The molecule has 0 saturated heterocycles. The van der Waals surface area contributed by atoms with Crippen LogP contribution in [0.5, 0.6) is 5.75 Å². The van der Waals surface area contributed by atoms with E-state index in [4.69, 9.17) is 9.47 Å². The predicted molar refractivity (Wildman–Crippen MR) is 77.2 cm³/mol. The molecule has 1 aromatic rings. The van der Waals surface area contributed by atoms with Gasteiger partial charge in [-0.25, -0.2) is 4.79 Å². The van der Waals surface area contributed by atoms with E-state index in [0.29, 0.717) is 23.2 Å². The summed E-state index contributed by atoms with van der Waals surface area (Å²) in [6, 6.07) is 2.04. The van der Waals surface area contributed by atoms with Crippen LogP contribution in [0.4, 0.5) is 0 Å². The van der Waals surface area contributed by atoms with E-state index in [-0.39, 0.29) is 5.97 Å². The smallest absolute Gasteiger partial charge is 0.351 e. The molecule has 0 aromatic carbocycles. The summed E-state index contributed by atoms with van der Waals surface area (Å²) in [5.74, 6) is 1.75. The largest absolute Gasteiger partial charge is 0.492 e. The zero-order valence-electron chi connectivity index (χ0n) is 11.9. The molecule has 0 aliphatic heterocycles. The molecule has 1 aromatic heterocycles. The number of ether oxygens (including phenoxy) is 2.